The number of ether oxygens (including phenoxy) is 1. The van der Waals surface area contributed by atoms with Crippen molar-refractivity contribution in [2.45, 2.75) is 33.4 Å². The molecule has 3 N–H and O–H groups in total. The summed E-state index contributed by atoms with van der Waals surface area (Å²) in [6, 6.07) is 14.2. The van der Waals surface area contributed by atoms with Crippen LogP contribution in [0.15, 0.2) is 54.6 Å². The third-order valence-corrected chi connectivity index (χ3v) is 4.00. The Hall–Kier alpha value is -3.35. The quantitative estimate of drug-likeness (QED) is 0.705. The molecule has 2 amide bonds. The second kappa shape index (κ2) is 9.03. The van der Waals surface area contributed by atoms with Crippen LogP contribution >= 0.6 is 0 Å². The molecular formula is C21H24N2O5. The molecule has 0 aliphatic heterocycles. The van der Waals surface area contributed by atoms with Gasteiger partial charge in [-0.05, 0) is 35.2 Å². The molecule has 0 bridgehead atoms. The molecule has 148 valence electrons. The van der Waals surface area contributed by atoms with Gasteiger partial charge in [0.1, 0.15) is 12.6 Å². The number of aromatic carboxylic acids is 1. The van der Waals surface area contributed by atoms with Gasteiger partial charge in [0, 0.05) is 5.69 Å². The van der Waals surface area contributed by atoms with Gasteiger partial charge >= 0.3 is 12.1 Å². The summed E-state index contributed by atoms with van der Waals surface area (Å²) in [7, 11) is 0. The van der Waals surface area contributed by atoms with Crippen molar-refractivity contribution in [3.05, 3.63) is 65.7 Å². The molecule has 2 rings (SSSR count). The van der Waals surface area contributed by atoms with Gasteiger partial charge in [-0.3, -0.25) is 4.79 Å². The third kappa shape index (κ3) is 6.12. The number of hydrogen-bond acceptors (Lipinski definition) is 4. The molecule has 0 saturated heterocycles. The normalized spacial score (nSPS) is 12.0. The predicted octanol–water partition coefficient (Wildman–Crippen LogP) is 3.66. The molecule has 7 heteroatoms. The zero-order valence-electron chi connectivity index (χ0n) is 16.1. The van der Waals surface area contributed by atoms with E-state index in [0.29, 0.717) is 5.69 Å². The Morgan fingerprint density at radius 2 is 1.61 bits per heavy atom. The van der Waals surface area contributed by atoms with Gasteiger partial charge in [-0.25, -0.2) is 9.59 Å². The highest BCUT2D eigenvalue weighted by atomic mass is 16.5. The van der Waals surface area contributed by atoms with Crippen LogP contribution in [0.25, 0.3) is 0 Å². The van der Waals surface area contributed by atoms with Crippen molar-refractivity contribution in [2.75, 3.05) is 5.32 Å². The minimum absolute atomic E-state index is 0.0990. The van der Waals surface area contributed by atoms with Crippen molar-refractivity contribution in [3.8, 4) is 0 Å². The second-order valence-electron chi connectivity index (χ2n) is 7.38. The number of carbonyl (C=O) groups excluding carboxylic acids is 2. The number of carbonyl (C=O) groups is 3. The highest BCUT2D eigenvalue weighted by Crippen LogP contribution is 2.21. The zero-order valence-corrected chi connectivity index (χ0v) is 16.1. The maximum atomic E-state index is 12.7. The molecule has 0 aliphatic carbocycles. The maximum Gasteiger partial charge on any atom is 0.408 e. The molecule has 0 fully saturated rings. The standard InChI is InChI=1S/C21H24N2O5/c1-21(2,3)17(23-20(27)28-13-14-7-5-4-6-8-14)18(24)22-16-11-9-15(10-12-16)19(25)26/h4-12,17H,13H2,1-3H3,(H,22,24)(H,23,27)(H,25,26)/t17-/m1/s1. The Balaban J connectivity index is 2.00. The van der Waals surface area contributed by atoms with Gasteiger partial charge < -0.3 is 20.5 Å². The summed E-state index contributed by atoms with van der Waals surface area (Å²) in [5, 5.41) is 14.2. The highest BCUT2D eigenvalue weighted by Gasteiger charge is 2.33. The number of nitrogens with one attached hydrogen (secondary N) is 2. The number of alkyl carbamates (subject to hydrolysis) is 1. The van der Waals surface area contributed by atoms with Crippen molar-refractivity contribution in [2.24, 2.45) is 5.41 Å². The minimum Gasteiger partial charge on any atom is -0.478 e. The van der Waals surface area contributed by atoms with E-state index in [4.69, 9.17) is 9.84 Å². The molecule has 2 aromatic rings. The molecule has 28 heavy (non-hydrogen) atoms. The van der Waals surface area contributed by atoms with Crippen molar-refractivity contribution < 1.29 is 24.2 Å². The number of carboxylic acids is 1. The lowest BCUT2D eigenvalue weighted by atomic mass is 9.86. The van der Waals surface area contributed by atoms with E-state index in [-0.39, 0.29) is 12.2 Å². The molecule has 7 nitrogen and oxygen atoms in total. The molecule has 0 aliphatic rings. The zero-order chi connectivity index (χ0) is 20.7. The first-order chi connectivity index (χ1) is 13.2. The first-order valence-electron chi connectivity index (χ1n) is 8.78. The molecular weight excluding hydrogens is 360 g/mol. The van der Waals surface area contributed by atoms with Crippen molar-refractivity contribution in [1.29, 1.82) is 0 Å². The smallest absolute Gasteiger partial charge is 0.408 e. The molecule has 0 spiro atoms. The SMILES string of the molecule is CC(C)(C)[C@H](NC(=O)OCc1ccccc1)C(=O)Nc1ccc(C(=O)O)cc1. The number of hydrogen-bond donors (Lipinski definition) is 3. The summed E-state index contributed by atoms with van der Waals surface area (Å²) >= 11 is 0. The van der Waals surface area contributed by atoms with Crippen LogP contribution in [0.4, 0.5) is 10.5 Å². The Labute approximate surface area is 163 Å². The van der Waals surface area contributed by atoms with Gasteiger partial charge in [0.15, 0.2) is 0 Å². The van der Waals surface area contributed by atoms with E-state index in [2.05, 4.69) is 10.6 Å². The lowest BCUT2D eigenvalue weighted by Crippen LogP contribution is -2.51. The molecule has 0 radical (unpaired) electrons. The van der Waals surface area contributed by atoms with E-state index in [0.717, 1.165) is 5.56 Å². The predicted molar refractivity (Wildman–Crippen MR) is 105 cm³/mol. The molecule has 1 atom stereocenters. The molecule has 0 heterocycles. The van der Waals surface area contributed by atoms with E-state index < -0.39 is 29.4 Å². The Morgan fingerprint density at radius 3 is 2.14 bits per heavy atom. The number of benzene rings is 2. The molecule has 0 aromatic heterocycles. The van der Waals surface area contributed by atoms with E-state index in [1.807, 2.05) is 51.1 Å². The van der Waals surface area contributed by atoms with Gasteiger partial charge in [0.25, 0.3) is 0 Å². The molecule has 0 saturated carbocycles. The monoisotopic (exact) mass is 384 g/mol. The fourth-order valence-electron chi connectivity index (χ4n) is 2.47. The summed E-state index contributed by atoms with van der Waals surface area (Å²) in [6.07, 6.45) is -0.694. The Morgan fingerprint density at radius 1 is 1.00 bits per heavy atom. The Kier molecular flexibility index (Phi) is 6.76. The van der Waals surface area contributed by atoms with Crippen LogP contribution in [0.1, 0.15) is 36.7 Å². The number of rotatable bonds is 6. The van der Waals surface area contributed by atoms with E-state index in [9.17, 15) is 14.4 Å². The van der Waals surface area contributed by atoms with Crippen molar-refractivity contribution in [3.63, 3.8) is 0 Å². The van der Waals surface area contributed by atoms with E-state index >= 15 is 0 Å². The second-order valence-corrected chi connectivity index (χ2v) is 7.38. The van der Waals surface area contributed by atoms with E-state index in [1.54, 1.807) is 0 Å². The topological polar surface area (TPSA) is 105 Å². The largest absolute Gasteiger partial charge is 0.478 e. The first kappa shape index (κ1) is 21.0. The average molecular weight is 384 g/mol. The van der Waals surface area contributed by atoms with Crippen LogP contribution < -0.4 is 10.6 Å². The van der Waals surface area contributed by atoms with Gasteiger partial charge in [-0.15, -0.1) is 0 Å². The first-order valence-corrected chi connectivity index (χ1v) is 8.78. The van der Waals surface area contributed by atoms with Crippen LogP contribution in [0.3, 0.4) is 0 Å². The maximum absolute atomic E-state index is 12.7. The highest BCUT2D eigenvalue weighted by molar-refractivity contribution is 5.97. The number of anilines is 1. The fourth-order valence-corrected chi connectivity index (χ4v) is 2.47. The summed E-state index contributed by atoms with van der Waals surface area (Å²) in [6.45, 7) is 5.56. The van der Waals surface area contributed by atoms with Gasteiger partial charge in [0.05, 0.1) is 5.56 Å². The summed E-state index contributed by atoms with van der Waals surface area (Å²) < 4.78 is 5.20. The van der Waals surface area contributed by atoms with Crippen molar-refractivity contribution in [1.82, 2.24) is 5.32 Å². The third-order valence-electron chi connectivity index (χ3n) is 4.00. The summed E-state index contributed by atoms with van der Waals surface area (Å²) in [5.74, 6) is -1.47. The van der Waals surface area contributed by atoms with Crippen LogP contribution in [0.2, 0.25) is 0 Å². The molecule has 2 aromatic carbocycles. The van der Waals surface area contributed by atoms with Crippen LogP contribution in [0, 0.1) is 5.41 Å². The summed E-state index contributed by atoms with van der Waals surface area (Å²) in [5.41, 5.74) is 0.821. The number of carboxylic acid groups (broad SMARTS) is 1. The fraction of sp³-hybridized carbons (Fsp3) is 0.286. The van der Waals surface area contributed by atoms with E-state index in [1.165, 1.54) is 24.3 Å². The van der Waals surface area contributed by atoms with Gasteiger partial charge in [-0.1, -0.05) is 51.1 Å². The van der Waals surface area contributed by atoms with Crippen LogP contribution in [-0.2, 0) is 16.1 Å². The van der Waals surface area contributed by atoms with Crippen LogP contribution in [-0.4, -0.2) is 29.1 Å². The number of amides is 2. The van der Waals surface area contributed by atoms with Gasteiger partial charge in [-0.2, -0.15) is 0 Å². The summed E-state index contributed by atoms with van der Waals surface area (Å²) in [4.78, 5) is 35.8. The lowest BCUT2D eigenvalue weighted by molar-refractivity contribution is -0.120. The minimum atomic E-state index is -1.05. The van der Waals surface area contributed by atoms with Gasteiger partial charge in [0.2, 0.25) is 5.91 Å². The van der Waals surface area contributed by atoms with Crippen molar-refractivity contribution >= 4 is 23.7 Å². The van der Waals surface area contributed by atoms with Crippen LogP contribution in [0.5, 0.6) is 0 Å². The lowest BCUT2D eigenvalue weighted by Gasteiger charge is -2.30. The Bertz CT molecular complexity index is 826. The average Bonchev–Trinajstić information content (AvgIpc) is 2.64. The molecule has 0 unspecified atom stereocenters.